The maximum Gasteiger partial charge on any atom is 0.227 e. The average Bonchev–Trinajstić information content (AvgIpc) is 2.45. The van der Waals surface area contributed by atoms with Crippen LogP contribution in [0.1, 0.15) is 30.3 Å². The molecule has 0 amide bonds. The van der Waals surface area contributed by atoms with Crippen LogP contribution in [0, 0.1) is 13.8 Å². The predicted octanol–water partition coefficient (Wildman–Crippen LogP) is 3.89. The molecule has 0 saturated heterocycles. The van der Waals surface area contributed by atoms with Crippen LogP contribution < -0.4 is 16.0 Å². The lowest BCUT2D eigenvalue weighted by atomic mass is 10.2. The van der Waals surface area contributed by atoms with Crippen molar-refractivity contribution in [3.05, 3.63) is 39.6 Å². The first kappa shape index (κ1) is 15.7. The van der Waals surface area contributed by atoms with E-state index < -0.39 is 0 Å². The molecule has 1 aromatic carbocycles. The molecule has 0 radical (unpaired) electrons. The van der Waals surface area contributed by atoms with Gasteiger partial charge in [0.15, 0.2) is 0 Å². The van der Waals surface area contributed by atoms with Gasteiger partial charge in [0.1, 0.15) is 17.4 Å². The number of anilines is 1. The lowest BCUT2D eigenvalue weighted by molar-refractivity contribution is 0.451. The summed E-state index contributed by atoms with van der Waals surface area (Å²) in [5.41, 5.74) is 4.54. The molecule has 0 aliphatic rings. The van der Waals surface area contributed by atoms with Crippen LogP contribution in [0.4, 0.5) is 5.82 Å². The summed E-state index contributed by atoms with van der Waals surface area (Å²) in [7, 11) is 0. The van der Waals surface area contributed by atoms with E-state index in [0.29, 0.717) is 23.3 Å². The minimum atomic E-state index is 0.519. The van der Waals surface area contributed by atoms with Gasteiger partial charge in [-0.1, -0.05) is 13.0 Å². The van der Waals surface area contributed by atoms with E-state index in [1.165, 1.54) is 0 Å². The molecule has 2 rings (SSSR count). The average molecular weight is 351 g/mol. The molecule has 2 aromatic rings. The highest BCUT2D eigenvalue weighted by Crippen LogP contribution is 2.32. The first-order chi connectivity index (χ1) is 10.0. The minimum absolute atomic E-state index is 0.519. The lowest BCUT2D eigenvalue weighted by Gasteiger charge is -2.13. The number of rotatable bonds is 5. The molecule has 5 nitrogen and oxygen atoms in total. The van der Waals surface area contributed by atoms with Gasteiger partial charge in [-0.15, -0.1) is 0 Å². The summed E-state index contributed by atoms with van der Waals surface area (Å²) in [6.45, 7) is 5.98. The number of nitrogen functional groups attached to an aromatic ring is 1. The number of aryl methyl sites for hydroxylation is 2. The summed E-state index contributed by atoms with van der Waals surface area (Å²) in [4.78, 5) is 8.86. The second kappa shape index (κ2) is 6.87. The Morgan fingerprint density at radius 3 is 2.67 bits per heavy atom. The summed E-state index contributed by atoms with van der Waals surface area (Å²) in [6.07, 6.45) is 1.74. The topological polar surface area (TPSA) is 73.1 Å². The quantitative estimate of drug-likeness (QED) is 0.632. The van der Waals surface area contributed by atoms with E-state index in [-0.39, 0.29) is 0 Å². The van der Waals surface area contributed by atoms with Gasteiger partial charge >= 0.3 is 0 Å². The summed E-state index contributed by atoms with van der Waals surface area (Å²) < 4.78 is 6.82. The summed E-state index contributed by atoms with van der Waals surface area (Å²) in [5.74, 6) is 8.06. The number of benzene rings is 1. The number of hydrazine groups is 1. The fourth-order valence-electron chi connectivity index (χ4n) is 1.91. The minimum Gasteiger partial charge on any atom is -0.437 e. The Labute approximate surface area is 133 Å². The van der Waals surface area contributed by atoms with Gasteiger partial charge in [0.05, 0.1) is 10.0 Å². The van der Waals surface area contributed by atoms with E-state index >= 15 is 0 Å². The van der Waals surface area contributed by atoms with Crippen LogP contribution in [0.2, 0.25) is 0 Å². The monoisotopic (exact) mass is 350 g/mol. The number of aromatic nitrogens is 2. The number of hydrogen-bond acceptors (Lipinski definition) is 5. The Bertz CT molecular complexity index is 646. The van der Waals surface area contributed by atoms with Crippen molar-refractivity contribution in [2.75, 3.05) is 5.43 Å². The van der Waals surface area contributed by atoms with Crippen molar-refractivity contribution in [1.29, 1.82) is 0 Å². The molecule has 0 atom stereocenters. The van der Waals surface area contributed by atoms with Crippen molar-refractivity contribution in [3.8, 4) is 11.6 Å². The van der Waals surface area contributed by atoms with Gasteiger partial charge in [-0.05, 0) is 53.9 Å². The van der Waals surface area contributed by atoms with E-state index in [2.05, 4.69) is 38.2 Å². The molecule has 1 aromatic heterocycles. The van der Waals surface area contributed by atoms with E-state index in [0.717, 1.165) is 28.4 Å². The van der Waals surface area contributed by atoms with E-state index in [1.807, 2.05) is 32.0 Å². The van der Waals surface area contributed by atoms with Crippen LogP contribution in [0.25, 0.3) is 0 Å². The Morgan fingerprint density at radius 2 is 2.05 bits per heavy atom. The van der Waals surface area contributed by atoms with Gasteiger partial charge in [0, 0.05) is 6.42 Å². The number of nitrogens with one attached hydrogen (secondary N) is 1. The smallest absolute Gasteiger partial charge is 0.227 e. The first-order valence-electron chi connectivity index (χ1n) is 6.83. The van der Waals surface area contributed by atoms with Crippen molar-refractivity contribution in [1.82, 2.24) is 9.97 Å². The summed E-state index contributed by atoms with van der Waals surface area (Å²) in [5, 5.41) is 0. The molecule has 6 heteroatoms. The first-order valence-corrected chi connectivity index (χ1v) is 7.62. The predicted molar refractivity (Wildman–Crippen MR) is 87.5 cm³/mol. The third-order valence-corrected chi connectivity index (χ3v) is 3.67. The number of hydrogen-bond donors (Lipinski definition) is 2. The molecule has 0 fully saturated rings. The molecule has 0 saturated carbocycles. The number of halogens is 1. The van der Waals surface area contributed by atoms with Crippen molar-refractivity contribution >= 4 is 21.7 Å². The molecule has 112 valence electrons. The maximum atomic E-state index is 5.93. The molecule has 21 heavy (non-hydrogen) atoms. The lowest BCUT2D eigenvalue weighted by Crippen LogP contribution is -2.13. The van der Waals surface area contributed by atoms with Crippen molar-refractivity contribution in [2.24, 2.45) is 5.84 Å². The van der Waals surface area contributed by atoms with Gasteiger partial charge in [0.25, 0.3) is 0 Å². The SMILES string of the molecule is CCCc1nc(NN)c(C)c(Oc2ccc(C)cc2Br)n1. The Kier molecular flexibility index (Phi) is 5.14. The highest BCUT2D eigenvalue weighted by molar-refractivity contribution is 9.10. The number of nitrogens with zero attached hydrogens (tertiary/aromatic N) is 2. The van der Waals surface area contributed by atoms with Gasteiger partial charge < -0.3 is 10.2 Å². The molecule has 0 aliphatic heterocycles. The third kappa shape index (κ3) is 3.71. The zero-order chi connectivity index (χ0) is 15.4. The number of nitrogens with two attached hydrogens (primary N) is 1. The van der Waals surface area contributed by atoms with Crippen LogP contribution >= 0.6 is 15.9 Å². The summed E-state index contributed by atoms with van der Waals surface area (Å²) >= 11 is 3.51. The number of ether oxygens (including phenoxy) is 1. The Hall–Kier alpha value is -1.66. The standard InChI is InChI=1S/C15H19BrN4O/c1-4-5-13-18-14(20-17)10(3)15(19-13)21-12-7-6-9(2)8-11(12)16/h6-8H,4-5,17H2,1-3H3,(H,18,19,20). The molecule has 0 bridgehead atoms. The van der Waals surface area contributed by atoms with E-state index in [1.54, 1.807) is 0 Å². The normalized spacial score (nSPS) is 10.5. The zero-order valence-electron chi connectivity index (χ0n) is 12.4. The van der Waals surface area contributed by atoms with Gasteiger partial charge in [0.2, 0.25) is 5.88 Å². The second-order valence-electron chi connectivity index (χ2n) is 4.85. The van der Waals surface area contributed by atoms with Crippen molar-refractivity contribution < 1.29 is 4.74 Å². The Morgan fingerprint density at radius 1 is 1.29 bits per heavy atom. The van der Waals surface area contributed by atoms with Gasteiger partial charge in [-0.25, -0.2) is 10.8 Å². The van der Waals surface area contributed by atoms with Crippen molar-refractivity contribution in [2.45, 2.75) is 33.6 Å². The largest absolute Gasteiger partial charge is 0.437 e. The molecule has 1 heterocycles. The third-order valence-electron chi connectivity index (χ3n) is 3.05. The van der Waals surface area contributed by atoms with Crippen LogP contribution in [-0.4, -0.2) is 9.97 Å². The van der Waals surface area contributed by atoms with Crippen LogP contribution in [-0.2, 0) is 6.42 Å². The van der Waals surface area contributed by atoms with E-state index in [4.69, 9.17) is 10.6 Å². The van der Waals surface area contributed by atoms with Crippen LogP contribution in [0.3, 0.4) is 0 Å². The highest BCUT2D eigenvalue weighted by Gasteiger charge is 2.13. The van der Waals surface area contributed by atoms with Gasteiger partial charge in [-0.3, -0.25) is 0 Å². The second-order valence-corrected chi connectivity index (χ2v) is 5.70. The Balaban J connectivity index is 2.40. The van der Waals surface area contributed by atoms with Crippen LogP contribution in [0.5, 0.6) is 11.6 Å². The molecule has 0 aliphatic carbocycles. The highest BCUT2D eigenvalue weighted by atomic mass is 79.9. The fourth-order valence-corrected chi connectivity index (χ4v) is 2.48. The van der Waals surface area contributed by atoms with Crippen LogP contribution in [0.15, 0.2) is 22.7 Å². The maximum absolute atomic E-state index is 5.93. The molecule has 3 N–H and O–H groups in total. The summed E-state index contributed by atoms with van der Waals surface area (Å²) in [6, 6.07) is 5.91. The molecule has 0 spiro atoms. The van der Waals surface area contributed by atoms with Crippen molar-refractivity contribution in [3.63, 3.8) is 0 Å². The zero-order valence-corrected chi connectivity index (χ0v) is 14.0. The molecule has 0 unspecified atom stereocenters. The van der Waals surface area contributed by atoms with E-state index in [9.17, 15) is 0 Å². The molecular formula is C15H19BrN4O. The molecular weight excluding hydrogens is 332 g/mol. The van der Waals surface area contributed by atoms with Gasteiger partial charge in [-0.2, -0.15) is 4.98 Å². The fraction of sp³-hybridized carbons (Fsp3) is 0.333.